The first kappa shape index (κ1) is 12.6. The molecule has 1 atom stereocenters. The molecule has 3 heterocycles. The first-order chi connectivity index (χ1) is 10.3. The summed E-state index contributed by atoms with van der Waals surface area (Å²) in [6.45, 7) is 3.90. The molecule has 0 unspecified atom stereocenters. The normalized spacial score (nSPS) is 20.4. The van der Waals surface area contributed by atoms with Crippen LogP contribution in [0.5, 0.6) is 5.75 Å². The molecule has 2 aliphatic heterocycles. The van der Waals surface area contributed by atoms with Crippen molar-refractivity contribution in [3.63, 3.8) is 0 Å². The molecular formula is C17H19N3O. The van der Waals surface area contributed by atoms with Crippen molar-refractivity contribution in [1.29, 1.82) is 0 Å². The van der Waals surface area contributed by atoms with Crippen LogP contribution in [0.1, 0.15) is 36.6 Å². The van der Waals surface area contributed by atoms with E-state index in [4.69, 9.17) is 4.74 Å². The minimum Gasteiger partial charge on any atom is -0.487 e. The van der Waals surface area contributed by atoms with Gasteiger partial charge in [0.15, 0.2) is 0 Å². The van der Waals surface area contributed by atoms with E-state index in [0.29, 0.717) is 12.6 Å². The number of nitrogens with zero attached hydrogens (tertiary/aromatic N) is 3. The fourth-order valence-electron chi connectivity index (χ4n) is 3.37. The number of ether oxygens (including phenoxy) is 1. The fourth-order valence-corrected chi connectivity index (χ4v) is 3.37. The number of hydrogen-bond acceptors (Lipinski definition) is 4. The largest absolute Gasteiger partial charge is 0.487 e. The lowest BCUT2D eigenvalue weighted by atomic mass is 10.0. The summed E-state index contributed by atoms with van der Waals surface area (Å²) in [7, 11) is 0. The topological polar surface area (TPSA) is 38.2 Å². The molecule has 0 amide bonds. The zero-order valence-electron chi connectivity index (χ0n) is 12.2. The molecule has 4 nitrogen and oxygen atoms in total. The van der Waals surface area contributed by atoms with Crippen LogP contribution >= 0.6 is 0 Å². The summed E-state index contributed by atoms with van der Waals surface area (Å²) < 4.78 is 5.91. The molecule has 0 radical (unpaired) electrons. The second kappa shape index (κ2) is 5.02. The molecular weight excluding hydrogens is 262 g/mol. The van der Waals surface area contributed by atoms with Crippen molar-refractivity contribution in [2.75, 3.05) is 11.4 Å². The van der Waals surface area contributed by atoms with E-state index in [0.717, 1.165) is 30.2 Å². The third-order valence-corrected chi connectivity index (χ3v) is 4.54. The van der Waals surface area contributed by atoms with Gasteiger partial charge in [-0.15, -0.1) is 0 Å². The summed E-state index contributed by atoms with van der Waals surface area (Å²) in [5.41, 5.74) is 3.48. The Hall–Kier alpha value is -2.10. The van der Waals surface area contributed by atoms with Crippen LogP contribution in [0.3, 0.4) is 0 Å². The minimum absolute atomic E-state index is 0.532. The van der Waals surface area contributed by atoms with Gasteiger partial charge in [-0.2, -0.15) is 0 Å². The smallest absolute Gasteiger partial charge is 0.136 e. The highest BCUT2D eigenvalue weighted by atomic mass is 16.5. The van der Waals surface area contributed by atoms with Gasteiger partial charge < -0.3 is 9.64 Å². The van der Waals surface area contributed by atoms with Crippen LogP contribution in [0, 0.1) is 0 Å². The third kappa shape index (κ3) is 2.15. The van der Waals surface area contributed by atoms with Crippen LogP contribution in [0.2, 0.25) is 0 Å². The summed E-state index contributed by atoms with van der Waals surface area (Å²) in [5, 5.41) is 0. The first-order valence-corrected chi connectivity index (χ1v) is 7.63. The van der Waals surface area contributed by atoms with E-state index in [2.05, 4.69) is 33.9 Å². The van der Waals surface area contributed by atoms with E-state index in [1.807, 2.05) is 12.1 Å². The zero-order chi connectivity index (χ0) is 14.2. The molecule has 0 saturated carbocycles. The van der Waals surface area contributed by atoms with Crippen molar-refractivity contribution >= 4 is 5.82 Å². The quantitative estimate of drug-likeness (QED) is 0.805. The Bertz CT molecular complexity index is 671. The lowest BCUT2D eigenvalue weighted by Gasteiger charge is -2.25. The number of para-hydroxylation sites is 1. The van der Waals surface area contributed by atoms with Crippen LogP contribution in [0.4, 0.5) is 5.82 Å². The van der Waals surface area contributed by atoms with E-state index in [1.165, 1.54) is 24.0 Å². The number of fused-ring (bicyclic) bond motifs is 2. The molecule has 21 heavy (non-hydrogen) atoms. The predicted octanol–water partition coefficient (Wildman–Crippen LogP) is 2.95. The molecule has 0 spiro atoms. The number of anilines is 1. The van der Waals surface area contributed by atoms with Gasteiger partial charge in [0.25, 0.3) is 0 Å². The second-order valence-electron chi connectivity index (χ2n) is 5.88. The van der Waals surface area contributed by atoms with Gasteiger partial charge in [0.1, 0.15) is 24.5 Å². The molecule has 1 saturated heterocycles. The number of rotatable bonds is 1. The van der Waals surface area contributed by atoms with Crippen LogP contribution < -0.4 is 9.64 Å². The lowest BCUT2D eigenvalue weighted by molar-refractivity contribution is 0.302. The lowest BCUT2D eigenvalue weighted by Crippen LogP contribution is -2.29. The van der Waals surface area contributed by atoms with E-state index in [-0.39, 0.29) is 0 Å². The average Bonchev–Trinajstić information content (AvgIpc) is 2.83. The number of aromatic nitrogens is 2. The van der Waals surface area contributed by atoms with Gasteiger partial charge in [-0.05, 0) is 31.4 Å². The van der Waals surface area contributed by atoms with Crippen LogP contribution in [0.25, 0.3) is 0 Å². The highest BCUT2D eigenvalue weighted by Crippen LogP contribution is 2.33. The Balaban J connectivity index is 1.80. The molecule has 2 aromatic rings. The molecule has 108 valence electrons. The van der Waals surface area contributed by atoms with Gasteiger partial charge in [-0.1, -0.05) is 18.2 Å². The van der Waals surface area contributed by atoms with E-state index < -0.39 is 0 Å². The molecule has 1 aromatic carbocycles. The van der Waals surface area contributed by atoms with Crippen LogP contribution in [0.15, 0.2) is 30.6 Å². The maximum Gasteiger partial charge on any atom is 0.136 e. The van der Waals surface area contributed by atoms with Crippen molar-refractivity contribution in [1.82, 2.24) is 9.97 Å². The number of hydrogen-bond donors (Lipinski definition) is 0. The van der Waals surface area contributed by atoms with Gasteiger partial charge in [-0.3, -0.25) is 0 Å². The molecule has 4 rings (SSSR count). The SMILES string of the molecule is C[C@H]1CCCN1c1ncnc2c1Cc1ccccc1OC2. The molecule has 1 aromatic heterocycles. The fraction of sp³-hybridized carbons (Fsp3) is 0.412. The summed E-state index contributed by atoms with van der Waals surface area (Å²) in [6.07, 6.45) is 5.02. The maximum atomic E-state index is 5.91. The molecule has 4 heteroatoms. The minimum atomic E-state index is 0.532. The summed E-state index contributed by atoms with van der Waals surface area (Å²) in [6, 6.07) is 8.81. The first-order valence-electron chi connectivity index (χ1n) is 7.63. The van der Waals surface area contributed by atoms with Gasteiger partial charge in [0.05, 0.1) is 5.69 Å². The molecule has 0 aliphatic carbocycles. The summed E-state index contributed by atoms with van der Waals surface area (Å²) >= 11 is 0. The Morgan fingerprint density at radius 1 is 1.24 bits per heavy atom. The number of benzene rings is 1. The predicted molar refractivity (Wildman–Crippen MR) is 81.7 cm³/mol. The van der Waals surface area contributed by atoms with E-state index >= 15 is 0 Å². The van der Waals surface area contributed by atoms with Crippen molar-refractivity contribution in [2.45, 2.75) is 38.8 Å². The highest BCUT2D eigenvalue weighted by Gasteiger charge is 2.27. The van der Waals surface area contributed by atoms with Crippen LogP contribution in [-0.2, 0) is 13.0 Å². The third-order valence-electron chi connectivity index (χ3n) is 4.54. The standard InChI is InChI=1S/C17H19N3O/c1-12-5-4-8-20(12)17-14-9-13-6-2-3-7-16(13)21-10-15(14)18-11-19-17/h2-3,6-7,11-12H,4-5,8-10H2,1H3/t12-/m0/s1. The monoisotopic (exact) mass is 281 g/mol. The van der Waals surface area contributed by atoms with Crippen molar-refractivity contribution in [3.05, 3.63) is 47.4 Å². The van der Waals surface area contributed by atoms with Crippen LogP contribution in [-0.4, -0.2) is 22.6 Å². The van der Waals surface area contributed by atoms with Crippen molar-refractivity contribution in [3.8, 4) is 5.75 Å². The van der Waals surface area contributed by atoms with Crippen molar-refractivity contribution < 1.29 is 4.74 Å². The van der Waals surface area contributed by atoms with Gasteiger partial charge in [0.2, 0.25) is 0 Å². The summed E-state index contributed by atoms with van der Waals surface area (Å²) in [5.74, 6) is 2.07. The van der Waals surface area contributed by atoms with Gasteiger partial charge in [0, 0.05) is 24.6 Å². The average molecular weight is 281 g/mol. The molecule has 0 N–H and O–H groups in total. The Labute approximate surface area is 124 Å². The molecule has 1 fully saturated rings. The summed E-state index contributed by atoms with van der Waals surface area (Å²) in [4.78, 5) is 11.5. The zero-order valence-corrected chi connectivity index (χ0v) is 12.2. The maximum absolute atomic E-state index is 5.91. The van der Waals surface area contributed by atoms with Gasteiger partial charge in [-0.25, -0.2) is 9.97 Å². The molecule has 2 aliphatic rings. The highest BCUT2D eigenvalue weighted by molar-refractivity contribution is 5.54. The Kier molecular flexibility index (Phi) is 3.02. The molecule has 0 bridgehead atoms. The van der Waals surface area contributed by atoms with Crippen molar-refractivity contribution in [2.24, 2.45) is 0 Å². The van der Waals surface area contributed by atoms with E-state index in [9.17, 15) is 0 Å². The van der Waals surface area contributed by atoms with E-state index in [1.54, 1.807) is 6.33 Å². The van der Waals surface area contributed by atoms with Gasteiger partial charge >= 0.3 is 0 Å². The second-order valence-corrected chi connectivity index (χ2v) is 5.88. The Morgan fingerprint density at radius 3 is 3.00 bits per heavy atom. The Morgan fingerprint density at radius 2 is 2.14 bits per heavy atom.